The molecule has 278 valence electrons. The zero-order valence-corrected chi connectivity index (χ0v) is 28.8. The summed E-state index contributed by atoms with van der Waals surface area (Å²) < 4.78 is 29.8. The van der Waals surface area contributed by atoms with E-state index in [1.165, 1.54) is 31.2 Å². The Balaban J connectivity index is 1.37. The standard InChI is InChI=1S/C38H38N2O13/c1-24(41)39-32-34(52-37(47)27-17-9-4-10-18-27)33(51-36(46)26-15-7-3-8-16-26)28(23-49-35(45)25-13-5-2-6-14-25)50-38(32)48-22-12-11-19-31(44)53-40-29(42)20-21-30(40)43/h2-10,13-18,28,32-34,38H,11-12,19-23H2,1H3,(H,39,41)/t28-,32-,33?,34?,38-/m1/s1. The Kier molecular flexibility index (Phi) is 13.4. The number of benzene rings is 3. The summed E-state index contributed by atoms with van der Waals surface area (Å²) in [5, 5.41) is 3.16. The molecule has 0 spiro atoms. The number of hydrogen-bond donors (Lipinski definition) is 1. The van der Waals surface area contributed by atoms with Crippen LogP contribution in [0, 0.1) is 0 Å². The lowest BCUT2D eigenvalue weighted by molar-refractivity contribution is -0.269. The quantitative estimate of drug-likeness (QED) is 0.104. The third-order valence-electron chi connectivity index (χ3n) is 8.17. The maximum Gasteiger partial charge on any atom is 0.338 e. The molecule has 0 aliphatic carbocycles. The van der Waals surface area contributed by atoms with Crippen LogP contribution < -0.4 is 5.32 Å². The molecule has 15 nitrogen and oxygen atoms in total. The highest BCUT2D eigenvalue weighted by molar-refractivity contribution is 6.01. The van der Waals surface area contributed by atoms with Crippen LogP contribution in [0.15, 0.2) is 91.0 Å². The fourth-order valence-electron chi connectivity index (χ4n) is 5.57. The smallest absolute Gasteiger partial charge is 0.338 e. The fraction of sp³-hybridized carbons (Fsp3) is 0.342. The van der Waals surface area contributed by atoms with Crippen LogP contribution in [-0.4, -0.2) is 90.5 Å². The van der Waals surface area contributed by atoms with Gasteiger partial charge < -0.3 is 33.8 Å². The van der Waals surface area contributed by atoms with Gasteiger partial charge in [0.25, 0.3) is 11.8 Å². The van der Waals surface area contributed by atoms with Crippen molar-refractivity contribution < 1.29 is 62.1 Å². The average Bonchev–Trinajstić information content (AvgIpc) is 3.48. The zero-order chi connectivity index (χ0) is 37.7. The summed E-state index contributed by atoms with van der Waals surface area (Å²) in [6, 6.07) is 22.9. The molecule has 53 heavy (non-hydrogen) atoms. The molecule has 2 aliphatic heterocycles. The SMILES string of the molecule is CC(=O)N[C@@H]1C(OC(=O)c2ccccc2)C(OC(=O)c2ccccc2)[C@@H](COC(=O)c2ccccc2)O[C@H]1OCCCCC(=O)ON1C(=O)CCC1=O. The van der Waals surface area contributed by atoms with Crippen molar-refractivity contribution in [1.82, 2.24) is 10.4 Å². The Morgan fingerprint density at radius 3 is 1.75 bits per heavy atom. The Labute approximate surface area is 304 Å². The van der Waals surface area contributed by atoms with Crippen LogP contribution in [-0.2, 0) is 47.7 Å². The molecule has 3 aromatic carbocycles. The van der Waals surface area contributed by atoms with E-state index in [0.717, 1.165) is 0 Å². The highest BCUT2D eigenvalue weighted by atomic mass is 16.7. The largest absolute Gasteiger partial charge is 0.459 e. The third kappa shape index (κ3) is 10.6. The molecule has 0 radical (unpaired) electrons. The second-order valence-corrected chi connectivity index (χ2v) is 12.1. The summed E-state index contributed by atoms with van der Waals surface area (Å²) >= 11 is 0. The van der Waals surface area contributed by atoms with Crippen molar-refractivity contribution in [2.45, 2.75) is 69.7 Å². The molecule has 2 heterocycles. The van der Waals surface area contributed by atoms with Crippen LogP contribution in [0.25, 0.3) is 0 Å². The first kappa shape index (κ1) is 38.3. The van der Waals surface area contributed by atoms with Crippen molar-refractivity contribution in [3.8, 4) is 0 Å². The van der Waals surface area contributed by atoms with Gasteiger partial charge in [-0.25, -0.2) is 19.2 Å². The number of rotatable bonds is 15. The molecule has 3 amide bonds. The van der Waals surface area contributed by atoms with Gasteiger partial charge in [-0.3, -0.25) is 14.4 Å². The Hall–Kier alpha value is -5.93. The van der Waals surface area contributed by atoms with Crippen LogP contribution >= 0.6 is 0 Å². The van der Waals surface area contributed by atoms with Crippen molar-refractivity contribution in [1.29, 1.82) is 0 Å². The maximum absolute atomic E-state index is 13.5. The molecule has 5 atom stereocenters. The van der Waals surface area contributed by atoms with Crippen LogP contribution in [0.3, 0.4) is 0 Å². The molecular weight excluding hydrogens is 692 g/mol. The summed E-state index contributed by atoms with van der Waals surface area (Å²) in [6.45, 7) is 0.694. The van der Waals surface area contributed by atoms with E-state index in [-0.39, 0.29) is 55.4 Å². The average molecular weight is 731 g/mol. The highest BCUT2D eigenvalue weighted by Crippen LogP contribution is 2.30. The highest BCUT2D eigenvalue weighted by Gasteiger charge is 2.52. The van der Waals surface area contributed by atoms with E-state index in [0.29, 0.717) is 5.06 Å². The van der Waals surface area contributed by atoms with Crippen LogP contribution in [0.2, 0.25) is 0 Å². The van der Waals surface area contributed by atoms with Gasteiger partial charge in [0, 0.05) is 32.8 Å². The minimum Gasteiger partial charge on any atom is -0.459 e. The van der Waals surface area contributed by atoms with Crippen LogP contribution in [0.1, 0.15) is 70.1 Å². The Morgan fingerprint density at radius 1 is 0.717 bits per heavy atom. The van der Waals surface area contributed by atoms with E-state index in [1.807, 2.05) is 0 Å². The first-order valence-corrected chi connectivity index (χ1v) is 17.0. The number of amides is 3. The number of hydroxylamine groups is 2. The number of nitrogens with one attached hydrogen (secondary N) is 1. The zero-order valence-electron chi connectivity index (χ0n) is 28.8. The van der Waals surface area contributed by atoms with E-state index in [4.69, 9.17) is 28.5 Å². The number of nitrogens with zero attached hydrogens (tertiary/aromatic N) is 1. The summed E-state index contributed by atoms with van der Waals surface area (Å²) in [5.41, 5.74) is 0.587. The second kappa shape index (κ2) is 18.5. The molecular formula is C38H38N2O13. The van der Waals surface area contributed by atoms with Crippen LogP contribution in [0.4, 0.5) is 0 Å². The van der Waals surface area contributed by atoms with Gasteiger partial charge in [-0.2, -0.15) is 0 Å². The van der Waals surface area contributed by atoms with Crippen molar-refractivity contribution in [3.63, 3.8) is 0 Å². The monoisotopic (exact) mass is 730 g/mol. The molecule has 2 fully saturated rings. The lowest BCUT2D eigenvalue weighted by Crippen LogP contribution is -2.66. The van der Waals surface area contributed by atoms with E-state index >= 15 is 0 Å². The second-order valence-electron chi connectivity index (χ2n) is 12.1. The predicted molar refractivity (Wildman–Crippen MR) is 181 cm³/mol. The maximum atomic E-state index is 13.5. The van der Waals surface area contributed by atoms with Crippen molar-refractivity contribution in [3.05, 3.63) is 108 Å². The fourth-order valence-corrected chi connectivity index (χ4v) is 5.57. The molecule has 0 bridgehead atoms. The normalized spacial score (nSPS) is 21.0. The summed E-state index contributed by atoms with van der Waals surface area (Å²) in [4.78, 5) is 93.2. The van der Waals surface area contributed by atoms with Gasteiger partial charge in [0.1, 0.15) is 18.8 Å². The van der Waals surface area contributed by atoms with Gasteiger partial charge in [0.15, 0.2) is 18.5 Å². The van der Waals surface area contributed by atoms with Crippen molar-refractivity contribution in [2.75, 3.05) is 13.2 Å². The van der Waals surface area contributed by atoms with Crippen molar-refractivity contribution in [2.24, 2.45) is 0 Å². The van der Waals surface area contributed by atoms with E-state index in [2.05, 4.69) is 5.32 Å². The summed E-state index contributed by atoms with van der Waals surface area (Å²) in [7, 11) is 0. The van der Waals surface area contributed by atoms with Crippen LogP contribution in [0.5, 0.6) is 0 Å². The molecule has 1 N–H and O–H groups in total. The molecule has 0 aromatic heterocycles. The molecule has 2 aliphatic rings. The molecule has 5 rings (SSSR count). The third-order valence-corrected chi connectivity index (χ3v) is 8.17. The van der Waals surface area contributed by atoms with Gasteiger partial charge in [0.2, 0.25) is 5.91 Å². The first-order valence-electron chi connectivity index (χ1n) is 17.0. The van der Waals surface area contributed by atoms with Gasteiger partial charge in [-0.05, 0) is 49.2 Å². The molecule has 0 saturated carbocycles. The minimum atomic E-state index is -1.43. The lowest BCUT2D eigenvalue weighted by atomic mass is 9.95. The number of ether oxygens (including phenoxy) is 5. The summed E-state index contributed by atoms with van der Waals surface area (Å²) in [5.74, 6) is -4.83. The molecule has 2 unspecified atom stereocenters. The van der Waals surface area contributed by atoms with Gasteiger partial charge in [-0.1, -0.05) is 54.6 Å². The predicted octanol–water partition coefficient (Wildman–Crippen LogP) is 3.32. The van der Waals surface area contributed by atoms with E-state index in [1.54, 1.807) is 66.7 Å². The number of carbonyl (C=O) groups excluding carboxylic acids is 7. The summed E-state index contributed by atoms with van der Waals surface area (Å²) in [6.07, 6.45) is -5.21. The molecule has 15 heteroatoms. The van der Waals surface area contributed by atoms with Gasteiger partial charge in [0.05, 0.1) is 16.7 Å². The van der Waals surface area contributed by atoms with E-state index < -0.39 is 78.8 Å². The number of hydrogen-bond acceptors (Lipinski definition) is 13. The molecule has 3 aromatic rings. The number of esters is 3. The number of carbonyl (C=O) groups is 7. The topological polar surface area (TPSA) is 190 Å². The number of unbranched alkanes of at least 4 members (excludes halogenated alkanes) is 1. The number of imide groups is 1. The minimum absolute atomic E-state index is 0.0305. The molecule has 2 saturated heterocycles. The lowest BCUT2D eigenvalue weighted by Gasteiger charge is -2.45. The first-order chi connectivity index (χ1) is 25.6. The Bertz CT molecular complexity index is 1750. The Morgan fingerprint density at radius 2 is 1.23 bits per heavy atom. The van der Waals surface area contributed by atoms with Gasteiger partial charge >= 0.3 is 23.9 Å². The van der Waals surface area contributed by atoms with E-state index in [9.17, 15) is 33.6 Å². The van der Waals surface area contributed by atoms with Gasteiger partial charge in [-0.15, -0.1) is 5.06 Å². The van der Waals surface area contributed by atoms with Crippen molar-refractivity contribution >= 4 is 41.6 Å².